The van der Waals surface area contributed by atoms with Gasteiger partial charge in [0.25, 0.3) is 5.91 Å². The van der Waals surface area contributed by atoms with Crippen molar-refractivity contribution in [3.63, 3.8) is 0 Å². The predicted octanol–water partition coefficient (Wildman–Crippen LogP) is 2.69. The summed E-state index contributed by atoms with van der Waals surface area (Å²) in [5.74, 6) is 0.0743. The normalized spacial score (nSPS) is 20.4. The molecule has 1 aliphatic rings. The molecule has 0 radical (unpaired) electrons. The fraction of sp³-hybridized carbons (Fsp3) is 0.417. The predicted molar refractivity (Wildman–Crippen MR) is 73.6 cm³/mol. The van der Waals surface area contributed by atoms with E-state index < -0.39 is 0 Å². The van der Waals surface area contributed by atoms with Crippen molar-refractivity contribution in [3.05, 3.63) is 34.3 Å². The van der Waals surface area contributed by atoms with Gasteiger partial charge in [-0.05, 0) is 24.3 Å². The van der Waals surface area contributed by atoms with Crippen molar-refractivity contribution in [1.29, 1.82) is 0 Å². The monoisotopic (exact) mass is 361 g/mol. The second kappa shape index (κ2) is 5.98. The Bertz CT molecular complexity index is 394. The summed E-state index contributed by atoms with van der Waals surface area (Å²) < 4.78 is 6.36. The Morgan fingerprint density at radius 1 is 1.41 bits per heavy atom. The third kappa shape index (κ3) is 3.09. The maximum absolute atomic E-state index is 12.3. The van der Waals surface area contributed by atoms with Crippen molar-refractivity contribution in [2.24, 2.45) is 0 Å². The van der Waals surface area contributed by atoms with Gasteiger partial charge in [-0.3, -0.25) is 4.79 Å². The number of hydrogen-bond donors (Lipinski definition) is 0. The zero-order chi connectivity index (χ0) is 12.3. The van der Waals surface area contributed by atoms with Gasteiger partial charge in [-0.15, -0.1) is 0 Å². The summed E-state index contributed by atoms with van der Waals surface area (Å²) in [7, 11) is 0. The Balaban J connectivity index is 2.15. The Hall–Kier alpha value is -0.390. The minimum Gasteiger partial charge on any atom is -0.377 e. The van der Waals surface area contributed by atoms with Crippen LogP contribution in [0, 0.1) is 0 Å². The molecule has 1 saturated heterocycles. The Labute approximate surface area is 117 Å². The molecular formula is C12H13Br2NO2. The van der Waals surface area contributed by atoms with E-state index in [1.165, 1.54) is 0 Å². The quantitative estimate of drug-likeness (QED) is 0.757. The van der Waals surface area contributed by atoms with Gasteiger partial charge in [-0.25, -0.2) is 0 Å². The van der Waals surface area contributed by atoms with Crippen molar-refractivity contribution in [1.82, 2.24) is 4.90 Å². The van der Waals surface area contributed by atoms with Crippen LogP contribution in [0.4, 0.5) is 0 Å². The number of hydrogen-bond acceptors (Lipinski definition) is 2. The van der Waals surface area contributed by atoms with Gasteiger partial charge in [0.1, 0.15) is 0 Å². The molecule has 1 heterocycles. The molecule has 1 amide bonds. The first kappa shape index (κ1) is 13.1. The Morgan fingerprint density at radius 3 is 2.76 bits per heavy atom. The topological polar surface area (TPSA) is 29.5 Å². The largest absolute Gasteiger partial charge is 0.377 e. The molecule has 2 rings (SSSR count). The molecule has 1 unspecified atom stereocenters. The summed E-state index contributed by atoms with van der Waals surface area (Å²) in [6.45, 7) is 1.88. The second-order valence-electron chi connectivity index (χ2n) is 3.89. The molecule has 3 nitrogen and oxygen atoms in total. The first-order valence-corrected chi connectivity index (χ1v) is 7.34. The van der Waals surface area contributed by atoms with Gasteiger partial charge < -0.3 is 9.64 Å². The number of carbonyl (C=O) groups excluding carboxylic acids is 1. The molecular weight excluding hydrogens is 350 g/mol. The average Bonchev–Trinajstić information content (AvgIpc) is 2.39. The van der Waals surface area contributed by atoms with Gasteiger partial charge in [-0.1, -0.05) is 31.9 Å². The van der Waals surface area contributed by atoms with Crippen molar-refractivity contribution in [2.45, 2.75) is 6.04 Å². The van der Waals surface area contributed by atoms with E-state index >= 15 is 0 Å². The van der Waals surface area contributed by atoms with Crippen molar-refractivity contribution < 1.29 is 9.53 Å². The molecule has 0 aromatic heterocycles. The molecule has 1 aromatic rings. The number of morpholine rings is 1. The van der Waals surface area contributed by atoms with Crippen LogP contribution in [0.5, 0.6) is 0 Å². The maximum atomic E-state index is 12.3. The lowest BCUT2D eigenvalue weighted by Gasteiger charge is -2.34. The molecule has 1 aromatic carbocycles. The number of halogens is 2. The van der Waals surface area contributed by atoms with Crippen LogP contribution >= 0.6 is 31.9 Å². The van der Waals surface area contributed by atoms with Crippen molar-refractivity contribution in [2.75, 3.05) is 25.1 Å². The molecule has 0 spiro atoms. The number of alkyl halides is 1. The number of nitrogens with zero attached hydrogens (tertiary/aromatic N) is 1. The molecule has 0 saturated carbocycles. The van der Waals surface area contributed by atoms with Gasteiger partial charge in [-0.2, -0.15) is 0 Å². The second-order valence-corrected chi connectivity index (χ2v) is 5.45. The van der Waals surface area contributed by atoms with Gasteiger partial charge in [0.05, 0.1) is 19.3 Å². The lowest BCUT2D eigenvalue weighted by molar-refractivity contribution is 0.00525. The van der Waals surface area contributed by atoms with Crippen LogP contribution in [0.25, 0.3) is 0 Å². The standard InChI is InChI=1S/C12H13Br2NO2/c13-7-11-8-17-6-5-15(11)12(16)9-1-3-10(14)4-2-9/h1-4,11H,5-8H2. The lowest BCUT2D eigenvalue weighted by Crippen LogP contribution is -2.49. The molecule has 92 valence electrons. The summed E-state index contributed by atoms with van der Waals surface area (Å²) in [4.78, 5) is 14.2. The van der Waals surface area contributed by atoms with Gasteiger partial charge in [0.15, 0.2) is 0 Å². The van der Waals surface area contributed by atoms with E-state index in [9.17, 15) is 4.79 Å². The molecule has 1 atom stereocenters. The van der Waals surface area contributed by atoms with E-state index in [0.29, 0.717) is 19.8 Å². The van der Waals surface area contributed by atoms with E-state index in [2.05, 4.69) is 31.9 Å². The van der Waals surface area contributed by atoms with Crippen LogP contribution in [0.3, 0.4) is 0 Å². The van der Waals surface area contributed by atoms with Crippen LogP contribution in [0.1, 0.15) is 10.4 Å². The minimum atomic E-state index is 0.0743. The highest BCUT2D eigenvalue weighted by molar-refractivity contribution is 9.10. The third-order valence-electron chi connectivity index (χ3n) is 2.76. The summed E-state index contributed by atoms with van der Waals surface area (Å²) in [6, 6.07) is 7.58. The number of amides is 1. The number of benzene rings is 1. The summed E-state index contributed by atoms with van der Waals surface area (Å²) in [5.41, 5.74) is 0.723. The van der Waals surface area contributed by atoms with Crippen LogP contribution < -0.4 is 0 Å². The number of rotatable bonds is 2. The Morgan fingerprint density at radius 2 is 2.12 bits per heavy atom. The van der Waals surface area contributed by atoms with E-state index in [1.54, 1.807) is 0 Å². The van der Waals surface area contributed by atoms with Crippen LogP contribution in [-0.4, -0.2) is 41.9 Å². The highest BCUT2D eigenvalue weighted by Crippen LogP contribution is 2.16. The minimum absolute atomic E-state index is 0.0743. The Kier molecular flexibility index (Phi) is 4.59. The van der Waals surface area contributed by atoms with Gasteiger partial charge >= 0.3 is 0 Å². The molecule has 1 aliphatic heterocycles. The summed E-state index contributed by atoms with van der Waals surface area (Å²) >= 11 is 6.79. The van der Waals surface area contributed by atoms with E-state index in [4.69, 9.17) is 4.74 Å². The van der Waals surface area contributed by atoms with Crippen molar-refractivity contribution >= 4 is 37.8 Å². The van der Waals surface area contributed by atoms with Crippen LogP contribution in [0.2, 0.25) is 0 Å². The smallest absolute Gasteiger partial charge is 0.254 e. The molecule has 1 fully saturated rings. The van der Waals surface area contributed by atoms with Crippen LogP contribution in [-0.2, 0) is 4.74 Å². The summed E-state index contributed by atoms with van der Waals surface area (Å²) in [5, 5.41) is 0.745. The zero-order valence-electron chi connectivity index (χ0n) is 9.23. The zero-order valence-corrected chi connectivity index (χ0v) is 12.4. The molecule has 17 heavy (non-hydrogen) atoms. The average molecular weight is 363 g/mol. The van der Waals surface area contributed by atoms with Gasteiger partial charge in [0.2, 0.25) is 0 Å². The molecule has 0 bridgehead atoms. The van der Waals surface area contributed by atoms with Gasteiger partial charge in [0, 0.05) is 21.9 Å². The fourth-order valence-electron chi connectivity index (χ4n) is 1.81. The maximum Gasteiger partial charge on any atom is 0.254 e. The third-order valence-corrected chi connectivity index (χ3v) is 4.03. The highest BCUT2D eigenvalue weighted by atomic mass is 79.9. The first-order valence-electron chi connectivity index (χ1n) is 5.42. The number of ether oxygens (including phenoxy) is 1. The fourth-order valence-corrected chi connectivity index (χ4v) is 2.61. The molecule has 0 N–H and O–H groups in total. The number of carbonyl (C=O) groups is 1. The SMILES string of the molecule is O=C(c1ccc(Br)cc1)N1CCOCC1CBr. The highest BCUT2D eigenvalue weighted by Gasteiger charge is 2.27. The van der Waals surface area contributed by atoms with Crippen LogP contribution in [0.15, 0.2) is 28.7 Å². The van der Waals surface area contributed by atoms with E-state index in [0.717, 1.165) is 15.4 Å². The summed E-state index contributed by atoms with van der Waals surface area (Å²) in [6.07, 6.45) is 0. The molecule has 5 heteroatoms. The van der Waals surface area contributed by atoms with Crippen molar-refractivity contribution in [3.8, 4) is 0 Å². The molecule has 0 aliphatic carbocycles. The van der Waals surface area contributed by atoms with E-state index in [1.807, 2.05) is 29.2 Å². The first-order chi connectivity index (χ1) is 8.22. The van der Waals surface area contributed by atoms with E-state index in [-0.39, 0.29) is 11.9 Å². The lowest BCUT2D eigenvalue weighted by atomic mass is 10.1.